The van der Waals surface area contributed by atoms with Gasteiger partial charge in [0, 0.05) is 44.0 Å². The molecule has 1 aliphatic heterocycles. The van der Waals surface area contributed by atoms with Crippen LogP contribution in [-0.4, -0.2) is 45.8 Å². The topological polar surface area (TPSA) is 78.3 Å². The maximum Gasteiger partial charge on any atom is 0.220 e. The highest BCUT2D eigenvalue weighted by Gasteiger charge is 2.29. The van der Waals surface area contributed by atoms with E-state index in [9.17, 15) is 4.79 Å². The van der Waals surface area contributed by atoms with Crippen molar-refractivity contribution >= 4 is 5.91 Å². The molecule has 134 valence electrons. The fourth-order valence-corrected chi connectivity index (χ4v) is 2.89. The Morgan fingerprint density at radius 2 is 2.32 bits per heavy atom. The largest absolute Gasteiger partial charge is 0.472 e. The van der Waals surface area contributed by atoms with Crippen molar-refractivity contribution in [1.29, 1.82) is 0 Å². The first-order chi connectivity index (χ1) is 12.2. The molecule has 7 nitrogen and oxygen atoms in total. The average Bonchev–Trinajstić information content (AvgIpc) is 3.03. The molecule has 3 heterocycles. The third kappa shape index (κ3) is 5.03. The van der Waals surface area contributed by atoms with Gasteiger partial charge in [-0.15, -0.1) is 0 Å². The first kappa shape index (κ1) is 17.4. The maximum atomic E-state index is 12.3. The second-order valence-corrected chi connectivity index (χ2v) is 6.13. The van der Waals surface area contributed by atoms with E-state index >= 15 is 0 Å². The van der Waals surface area contributed by atoms with Crippen LogP contribution >= 0.6 is 0 Å². The number of rotatable bonds is 7. The molecule has 1 aliphatic rings. The third-order valence-corrected chi connectivity index (χ3v) is 4.28. The first-order valence-electron chi connectivity index (χ1n) is 8.65. The van der Waals surface area contributed by atoms with E-state index in [-0.39, 0.29) is 18.1 Å². The van der Waals surface area contributed by atoms with Crippen molar-refractivity contribution in [2.45, 2.75) is 44.9 Å². The second-order valence-electron chi connectivity index (χ2n) is 6.13. The van der Waals surface area contributed by atoms with Crippen LogP contribution in [0.4, 0.5) is 0 Å². The summed E-state index contributed by atoms with van der Waals surface area (Å²) >= 11 is 0. The lowest BCUT2D eigenvalue weighted by atomic mass is 10.1. The van der Waals surface area contributed by atoms with Crippen LogP contribution in [0.1, 0.15) is 25.1 Å². The minimum absolute atomic E-state index is 0.0166. The first-order valence-corrected chi connectivity index (χ1v) is 8.65. The van der Waals surface area contributed by atoms with Crippen molar-refractivity contribution in [3.63, 3.8) is 0 Å². The summed E-state index contributed by atoms with van der Waals surface area (Å²) in [5.74, 6) is 1.55. The van der Waals surface area contributed by atoms with E-state index in [1.165, 1.54) is 0 Å². The molecule has 1 fully saturated rings. The van der Waals surface area contributed by atoms with E-state index < -0.39 is 0 Å². The van der Waals surface area contributed by atoms with Crippen molar-refractivity contribution in [2.24, 2.45) is 0 Å². The van der Waals surface area contributed by atoms with Gasteiger partial charge in [-0.25, -0.2) is 9.97 Å². The van der Waals surface area contributed by atoms with Crippen LogP contribution in [0, 0.1) is 6.92 Å². The third-order valence-electron chi connectivity index (χ3n) is 4.28. The molecule has 0 aromatic carbocycles. The summed E-state index contributed by atoms with van der Waals surface area (Å²) in [5, 5.41) is 3.04. The van der Waals surface area contributed by atoms with Gasteiger partial charge in [0.05, 0.1) is 19.3 Å². The zero-order valence-corrected chi connectivity index (χ0v) is 14.4. The molecule has 2 aromatic heterocycles. The van der Waals surface area contributed by atoms with E-state index in [0.29, 0.717) is 25.5 Å². The minimum Gasteiger partial charge on any atom is -0.472 e. The van der Waals surface area contributed by atoms with Gasteiger partial charge in [0.25, 0.3) is 0 Å². The number of amides is 1. The number of aromatic nitrogens is 3. The Balaban J connectivity index is 1.47. The van der Waals surface area contributed by atoms with Gasteiger partial charge in [0.1, 0.15) is 11.9 Å². The molecule has 1 N–H and O–H groups in total. The molecule has 25 heavy (non-hydrogen) atoms. The zero-order chi connectivity index (χ0) is 17.5. The van der Waals surface area contributed by atoms with Crippen LogP contribution in [0.5, 0.6) is 5.88 Å². The van der Waals surface area contributed by atoms with Gasteiger partial charge in [0.2, 0.25) is 11.8 Å². The summed E-state index contributed by atoms with van der Waals surface area (Å²) in [6.07, 6.45) is 7.24. The molecule has 7 heteroatoms. The summed E-state index contributed by atoms with van der Waals surface area (Å²) in [5.41, 5.74) is 0. The summed E-state index contributed by atoms with van der Waals surface area (Å²) in [6, 6.07) is 5.39. The number of hydrogen-bond acceptors (Lipinski definition) is 5. The summed E-state index contributed by atoms with van der Waals surface area (Å²) < 4.78 is 13.5. The SMILES string of the molecule is Cc1nccn1CCCC(=O)N[C@@H]1COCC[C@H]1Oc1ccccn1. The average molecular weight is 344 g/mol. The van der Waals surface area contributed by atoms with E-state index in [0.717, 1.165) is 25.2 Å². The zero-order valence-electron chi connectivity index (χ0n) is 14.4. The highest BCUT2D eigenvalue weighted by molar-refractivity contribution is 5.76. The number of ether oxygens (including phenoxy) is 2. The quantitative estimate of drug-likeness (QED) is 0.827. The normalized spacial score (nSPS) is 20.2. The van der Waals surface area contributed by atoms with E-state index in [1.54, 1.807) is 12.4 Å². The molecule has 1 amide bonds. The van der Waals surface area contributed by atoms with Crippen LogP contribution in [0.25, 0.3) is 0 Å². The monoisotopic (exact) mass is 344 g/mol. The summed E-state index contributed by atoms with van der Waals surface area (Å²) in [6.45, 7) is 3.83. The van der Waals surface area contributed by atoms with Gasteiger partial charge in [-0.2, -0.15) is 0 Å². The number of hydrogen-bond donors (Lipinski definition) is 1. The van der Waals surface area contributed by atoms with Crippen LogP contribution < -0.4 is 10.1 Å². The van der Waals surface area contributed by atoms with Crippen molar-refractivity contribution in [3.05, 3.63) is 42.6 Å². The standard InChI is InChI=1S/C18H24N4O3/c1-14-19-9-11-22(14)10-4-5-17(23)21-15-13-24-12-7-16(15)25-18-6-2-3-8-20-18/h2-3,6,8-9,11,15-16H,4-5,7,10,12-13H2,1H3,(H,21,23)/t15-,16-/m1/s1. The summed E-state index contributed by atoms with van der Waals surface area (Å²) in [4.78, 5) is 20.6. The molecule has 2 atom stereocenters. The lowest BCUT2D eigenvalue weighted by molar-refractivity contribution is -0.124. The van der Waals surface area contributed by atoms with Gasteiger partial charge < -0.3 is 19.4 Å². The Kier molecular flexibility index (Phi) is 6.00. The summed E-state index contributed by atoms with van der Waals surface area (Å²) in [7, 11) is 0. The van der Waals surface area contributed by atoms with Crippen molar-refractivity contribution < 1.29 is 14.3 Å². The van der Waals surface area contributed by atoms with Crippen LogP contribution in [0.15, 0.2) is 36.8 Å². The Morgan fingerprint density at radius 3 is 3.08 bits per heavy atom. The molecular weight excluding hydrogens is 320 g/mol. The Morgan fingerprint density at radius 1 is 1.40 bits per heavy atom. The predicted molar refractivity (Wildman–Crippen MR) is 92.2 cm³/mol. The fraction of sp³-hybridized carbons (Fsp3) is 0.500. The minimum atomic E-state index is -0.154. The number of nitrogens with zero attached hydrogens (tertiary/aromatic N) is 3. The molecule has 1 saturated heterocycles. The smallest absolute Gasteiger partial charge is 0.220 e. The predicted octanol–water partition coefficient (Wildman–Crippen LogP) is 1.72. The molecule has 0 bridgehead atoms. The van der Waals surface area contributed by atoms with Gasteiger partial charge in [-0.05, 0) is 19.4 Å². The second kappa shape index (κ2) is 8.62. The molecular formula is C18H24N4O3. The lowest BCUT2D eigenvalue weighted by Crippen LogP contribution is -2.51. The van der Waals surface area contributed by atoms with Gasteiger partial charge in [-0.1, -0.05) is 6.07 Å². The highest BCUT2D eigenvalue weighted by Crippen LogP contribution is 2.16. The molecule has 2 aromatic rings. The van der Waals surface area contributed by atoms with Crippen molar-refractivity contribution in [3.8, 4) is 5.88 Å². The molecule has 0 spiro atoms. The fourth-order valence-electron chi connectivity index (χ4n) is 2.89. The van der Waals surface area contributed by atoms with Crippen molar-refractivity contribution in [1.82, 2.24) is 19.9 Å². The van der Waals surface area contributed by atoms with Gasteiger partial charge >= 0.3 is 0 Å². The number of carbonyl (C=O) groups is 1. The number of aryl methyl sites for hydroxylation is 2. The number of carbonyl (C=O) groups excluding carboxylic acids is 1. The van der Waals surface area contributed by atoms with Crippen LogP contribution in [0.2, 0.25) is 0 Å². The van der Waals surface area contributed by atoms with Crippen LogP contribution in [-0.2, 0) is 16.1 Å². The molecule has 3 rings (SSSR count). The van der Waals surface area contributed by atoms with Crippen molar-refractivity contribution in [2.75, 3.05) is 13.2 Å². The van der Waals surface area contributed by atoms with Gasteiger partial charge in [-0.3, -0.25) is 4.79 Å². The number of pyridine rings is 1. The van der Waals surface area contributed by atoms with Crippen LogP contribution in [0.3, 0.4) is 0 Å². The molecule has 0 aliphatic carbocycles. The highest BCUT2D eigenvalue weighted by atomic mass is 16.5. The Labute approximate surface area is 147 Å². The Bertz CT molecular complexity index is 674. The van der Waals surface area contributed by atoms with E-state index in [1.807, 2.05) is 35.9 Å². The maximum absolute atomic E-state index is 12.3. The molecule has 0 saturated carbocycles. The number of nitrogens with one attached hydrogen (secondary N) is 1. The van der Waals surface area contributed by atoms with Gasteiger partial charge in [0.15, 0.2) is 0 Å². The van der Waals surface area contributed by atoms with E-state index in [2.05, 4.69) is 15.3 Å². The molecule has 0 radical (unpaired) electrons. The number of imidazole rings is 1. The lowest BCUT2D eigenvalue weighted by Gasteiger charge is -2.32. The Hall–Kier alpha value is -2.41. The van der Waals surface area contributed by atoms with E-state index in [4.69, 9.17) is 9.47 Å². The molecule has 0 unspecified atom stereocenters.